The number of rotatable bonds is 1. The van der Waals surface area contributed by atoms with Gasteiger partial charge in [-0.25, -0.2) is 0 Å². The van der Waals surface area contributed by atoms with Crippen LogP contribution in [-0.4, -0.2) is 15.7 Å². The molecule has 0 spiro atoms. The zero-order valence-corrected chi connectivity index (χ0v) is 13.1. The Balaban J connectivity index is 2.14. The molecule has 0 aromatic heterocycles. The van der Waals surface area contributed by atoms with E-state index in [4.69, 9.17) is 0 Å². The fourth-order valence-electron chi connectivity index (χ4n) is 2.43. The molecular weight excluding hydrogens is 368 g/mol. The first-order valence-corrected chi connectivity index (χ1v) is 8.22. The van der Waals surface area contributed by atoms with Crippen LogP contribution in [0.1, 0.15) is 16.7 Å². The van der Waals surface area contributed by atoms with Gasteiger partial charge in [-0.3, -0.25) is 9.20 Å². The SMILES string of the molecule is O=S1CC(=Nc2cc(C(F)(F)F)cc(C(F)(F)F)c2)c2ccccc21. The highest BCUT2D eigenvalue weighted by molar-refractivity contribution is 7.86. The summed E-state index contributed by atoms with van der Waals surface area (Å²) in [7, 11) is -1.42. The topological polar surface area (TPSA) is 29.4 Å². The second-order valence-electron chi connectivity index (χ2n) is 5.31. The van der Waals surface area contributed by atoms with Gasteiger partial charge in [0, 0.05) is 10.5 Å². The van der Waals surface area contributed by atoms with Gasteiger partial charge in [-0.1, -0.05) is 18.2 Å². The average molecular weight is 377 g/mol. The molecule has 1 atom stereocenters. The van der Waals surface area contributed by atoms with Crippen LogP contribution < -0.4 is 0 Å². The Labute approximate surface area is 140 Å². The highest BCUT2D eigenvalue weighted by atomic mass is 32.2. The van der Waals surface area contributed by atoms with Crippen LogP contribution in [0.2, 0.25) is 0 Å². The third kappa shape index (κ3) is 3.60. The Morgan fingerprint density at radius 1 is 0.880 bits per heavy atom. The predicted octanol–water partition coefficient (Wildman–Crippen LogP) is 4.97. The predicted molar refractivity (Wildman–Crippen MR) is 80.4 cm³/mol. The van der Waals surface area contributed by atoms with Gasteiger partial charge in [-0.2, -0.15) is 26.3 Å². The molecule has 2 aromatic rings. The van der Waals surface area contributed by atoms with Crippen LogP contribution in [0, 0.1) is 0 Å². The van der Waals surface area contributed by atoms with Crippen LogP contribution in [0.3, 0.4) is 0 Å². The van der Waals surface area contributed by atoms with E-state index in [0.29, 0.717) is 22.6 Å². The van der Waals surface area contributed by atoms with Gasteiger partial charge < -0.3 is 0 Å². The second kappa shape index (κ2) is 5.98. The monoisotopic (exact) mass is 377 g/mol. The van der Waals surface area contributed by atoms with Crippen LogP contribution in [0.15, 0.2) is 52.4 Å². The lowest BCUT2D eigenvalue weighted by molar-refractivity contribution is -0.143. The van der Waals surface area contributed by atoms with Crippen molar-refractivity contribution in [1.29, 1.82) is 0 Å². The Kier molecular flexibility index (Phi) is 4.22. The number of benzene rings is 2. The Hall–Kier alpha value is -2.16. The molecule has 3 rings (SSSR count). The summed E-state index contributed by atoms with van der Waals surface area (Å²) in [4.78, 5) is 4.38. The molecule has 0 fully saturated rings. The van der Waals surface area contributed by atoms with Crippen molar-refractivity contribution in [3.05, 3.63) is 59.2 Å². The van der Waals surface area contributed by atoms with E-state index in [1.807, 2.05) is 0 Å². The van der Waals surface area contributed by atoms with E-state index in [-0.39, 0.29) is 17.5 Å². The molecule has 2 nitrogen and oxygen atoms in total. The van der Waals surface area contributed by atoms with Crippen molar-refractivity contribution in [2.45, 2.75) is 17.2 Å². The first-order valence-electron chi connectivity index (χ1n) is 6.90. The quantitative estimate of drug-likeness (QED) is 0.646. The van der Waals surface area contributed by atoms with Crippen LogP contribution >= 0.6 is 0 Å². The van der Waals surface area contributed by atoms with Crippen molar-refractivity contribution in [2.24, 2.45) is 4.99 Å². The summed E-state index contributed by atoms with van der Waals surface area (Å²) in [5, 5.41) is 0. The normalized spacial score (nSPS) is 19.3. The first-order chi connectivity index (χ1) is 11.6. The maximum absolute atomic E-state index is 12.9. The summed E-state index contributed by atoms with van der Waals surface area (Å²) < 4.78 is 89.3. The van der Waals surface area contributed by atoms with Gasteiger partial charge in [0.1, 0.15) is 0 Å². The first kappa shape index (κ1) is 17.7. The molecule has 1 aliphatic rings. The molecule has 132 valence electrons. The molecule has 1 heterocycles. The highest BCUT2D eigenvalue weighted by Gasteiger charge is 2.37. The summed E-state index contributed by atoms with van der Waals surface area (Å²) in [5.41, 5.74) is -2.69. The van der Waals surface area contributed by atoms with Gasteiger partial charge in [-0.05, 0) is 24.3 Å². The van der Waals surface area contributed by atoms with E-state index in [0.717, 1.165) is 0 Å². The van der Waals surface area contributed by atoms with Crippen LogP contribution in [0.25, 0.3) is 0 Å². The van der Waals surface area contributed by atoms with Gasteiger partial charge in [0.05, 0.1) is 39.1 Å². The lowest BCUT2D eigenvalue weighted by Crippen LogP contribution is -2.10. The van der Waals surface area contributed by atoms with Crippen LogP contribution in [0.5, 0.6) is 0 Å². The molecule has 0 saturated carbocycles. The number of nitrogens with zero attached hydrogens (tertiary/aromatic N) is 1. The van der Waals surface area contributed by atoms with Crippen molar-refractivity contribution < 1.29 is 30.6 Å². The van der Waals surface area contributed by atoms with Crippen molar-refractivity contribution in [2.75, 3.05) is 5.75 Å². The number of aliphatic imine (C=N–C) groups is 1. The maximum Gasteiger partial charge on any atom is 0.416 e. The number of hydrogen-bond donors (Lipinski definition) is 0. The van der Waals surface area contributed by atoms with E-state index in [2.05, 4.69) is 4.99 Å². The molecule has 0 amide bonds. The Bertz CT molecular complexity index is 853. The largest absolute Gasteiger partial charge is 0.416 e. The molecular formula is C16H9F6NOS. The molecule has 25 heavy (non-hydrogen) atoms. The fraction of sp³-hybridized carbons (Fsp3) is 0.188. The molecule has 0 bridgehead atoms. The van der Waals surface area contributed by atoms with Crippen molar-refractivity contribution in [1.82, 2.24) is 0 Å². The lowest BCUT2D eigenvalue weighted by Gasteiger charge is -2.13. The third-order valence-electron chi connectivity index (χ3n) is 3.55. The Morgan fingerprint density at radius 3 is 2.00 bits per heavy atom. The molecule has 2 aromatic carbocycles. The second-order valence-corrected chi connectivity index (χ2v) is 6.73. The molecule has 9 heteroatoms. The number of hydrogen-bond acceptors (Lipinski definition) is 2. The smallest absolute Gasteiger partial charge is 0.254 e. The summed E-state index contributed by atoms with van der Waals surface area (Å²) in [6, 6.07) is 7.58. The molecule has 0 N–H and O–H groups in total. The zero-order valence-electron chi connectivity index (χ0n) is 12.3. The third-order valence-corrected chi connectivity index (χ3v) is 4.93. The van der Waals surface area contributed by atoms with E-state index in [1.54, 1.807) is 24.3 Å². The van der Waals surface area contributed by atoms with Crippen LogP contribution in [-0.2, 0) is 23.2 Å². The number of halogens is 6. The standard InChI is InChI=1S/C16H9F6NOS/c17-15(18,19)9-5-10(16(20,21)22)7-11(6-9)23-13-8-25(24)14-4-2-1-3-12(13)14/h1-7H,8H2. The minimum Gasteiger partial charge on any atom is -0.254 e. The van der Waals surface area contributed by atoms with Crippen molar-refractivity contribution >= 4 is 22.2 Å². The zero-order chi connectivity index (χ0) is 18.4. The molecule has 0 radical (unpaired) electrons. The van der Waals surface area contributed by atoms with Gasteiger partial charge in [-0.15, -0.1) is 0 Å². The van der Waals surface area contributed by atoms with Crippen molar-refractivity contribution in [3.8, 4) is 0 Å². The summed E-state index contributed by atoms with van der Waals surface area (Å²) in [6.45, 7) is 0. The summed E-state index contributed by atoms with van der Waals surface area (Å²) in [5.74, 6) is -0.0586. The highest BCUT2D eigenvalue weighted by Crippen LogP contribution is 2.38. The molecule has 0 aliphatic carbocycles. The van der Waals surface area contributed by atoms with Gasteiger partial charge in [0.25, 0.3) is 0 Å². The average Bonchev–Trinajstić information content (AvgIpc) is 2.82. The minimum absolute atomic E-state index is 0.0461. The fourth-order valence-corrected chi connectivity index (χ4v) is 3.72. The van der Waals surface area contributed by atoms with E-state index < -0.39 is 40.0 Å². The maximum atomic E-state index is 12.9. The Morgan fingerprint density at radius 2 is 1.44 bits per heavy atom. The van der Waals surface area contributed by atoms with Crippen LogP contribution in [0.4, 0.5) is 32.0 Å². The summed E-state index contributed by atoms with van der Waals surface area (Å²) >= 11 is 0. The molecule has 1 aliphatic heterocycles. The van der Waals surface area contributed by atoms with Gasteiger partial charge >= 0.3 is 12.4 Å². The summed E-state index contributed by atoms with van der Waals surface area (Å²) in [6.07, 6.45) is -9.88. The van der Waals surface area contributed by atoms with E-state index >= 15 is 0 Å². The number of fused-ring (bicyclic) bond motifs is 1. The van der Waals surface area contributed by atoms with E-state index in [9.17, 15) is 30.6 Å². The van der Waals surface area contributed by atoms with Gasteiger partial charge in [0.15, 0.2) is 0 Å². The number of alkyl halides is 6. The molecule has 0 saturated heterocycles. The minimum atomic E-state index is -4.94. The van der Waals surface area contributed by atoms with Gasteiger partial charge in [0.2, 0.25) is 0 Å². The van der Waals surface area contributed by atoms with Crippen molar-refractivity contribution in [3.63, 3.8) is 0 Å². The lowest BCUT2D eigenvalue weighted by atomic mass is 10.1. The molecule has 1 unspecified atom stereocenters. The van der Waals surface area contributed by atoms with E-state index in [1.165, 1.54) is 0 Å².